The van der Waals surface area contributed by atoms with E-state index in [0.29, 0.717) is 22.8 Å². The van der Waals surface area contributed by atoms with Crippen LogP contribution in [0.5, 0.6) is 0 Å². The smallest absolute Gasteiger partial charge is 0.419 e. The van der Waals surface area contributed by atoms with E-state index in [1.807, 2.05) is 39.0 Å². The number of fused-ring (bicyclic) bond motifs is 1. The Morgan fingerprint density at radius 1 is 1.07 bits per heavy atom. The molecule has 10 heteroatoms. The molecule has 40 heavy (non-hydrogen) atoms. The highest BCUT2D eigenvalue weighted by molar-refractivity contribution is 6.05. The molecule has 1 aromatic carbocycles. The first kappa shape index (κ1) is 28.1. The molecule has 3 aromatic rings. The molecule has 0 aliphatic carbocycles. The minimum absolute atomic E-state index is 0.105. The van der Waals surface area contributed by atoms with Crippen LogP contribution in [0.1, 0.15) is 55.7 Å². The number of ether oxygens (including phenoxy) is 3. The van der Waals surface area contributed by atoms with Gasteiger partial charge in [0, 0.05) is 67.8 Å². The summed E-state index contributed by atoms with van der Waals surface area (Å²) in [5, 5.41) is 3.71. The fourth-order valence-electron chi connectivity index (χ4n) is 5.62. The van der Waals surface area contributed by atoms with Crippen LogP contribution in [0.15, 0.2) is 42.6 Å². The number of benzene rings is 1. The van der Waals surface area contributed by atoms with Crippen LogP contribution in [-0.4, -0.2) is 79.2 Å². The van der Waals surface area contributed by atoms with Gasteiger partial charge in [-0.2, -0.15) is 0 Å². The molecule has 2 fully saturated rings. The predicted molar refractivity (Wildman–Crippen MR) is 154 cm³/mol. The molecule has 0 bridgehead atoms. The molecule has 2 aromatic heterocycles. The molecule has 0 spiro atoms. The number of carbonyl (C=O) groups excluding carboxylic acids is 2. The zero-order valence-corrected chi connectivity index (χ0v) is 24.1. The van der Waals surface area contributed by atoms with Crippen LogP contribution >= 0.6 is 0 Å². The lowest BCUT2D eigenvalue weighted by Gasteiger charge is -2.43. The van der Waals surface area contributed by atoms with E-state index in [0.717, 1.165) is 49.2 Å². The number of aromatic nitrogens is 2. The van der Waals surface area contributed by atoms with E-state index < -0.39 is 11.7 Å². The lowest BCUT2D eigenvalue weighted by Crippen LogP contribution is -2.53. The number of methoxy groups -OCH3 is 2. The van der Waals surface area contributed by atoms with Gasteiger partial charge in [-0.1, -0.05) is 0 Å². The van der Waals surface area contributed by atoms with Crippen LogP contribution in [0.3, 0.4) is 0 Å². The van der Waals surface area contributed by atoms with Crippen molar-refractivity contribution in [1.29, 1.82) is 0 Å². The molecular weight excluding hydrogens is 510 g/mol. The largest absolute Gasteiger partial charge is 0.443 e. The van der Waals surface area contributed by atoms with Crippen molar-refractivity contribution in [2.24, 2.45) is 5.92 Å². The normalized spacial score (nSPS) is 18.4. The molecule has 5 rings (SSSR count). The first-order valence-corrected chi connectivity index (χ1v) is 13.7. The molecule has 2 aliphatic rings. The Bertz CT molecular complexity index is 1370. The minimum atomic E-state index is -0.644. The maximum atomic E-state index is 13.4. The van der Waals surface area contributed by atoms with Gasteiger partial charge < -0.3 is 24.4 Å². The van der Waals surface area contributed by atoms with Gasteiger partial charge in [0.05, 0.1) is 11.6 Å². The average Bonchev–Trinajstić information content (AvgIpc) is 3.47. The van der Waals surface area contributed by atoms with E-state index in [2.05, 4.69) is 27.1 Å². The van der Waals surface area contributed by atoms with Gasteiger partial charge in [0.25, 0.3) is 5.91 Å². The third kappa shape index (κ3) is 5.70. The van der Waals surface area contributed by atoms with Crippen molar-refractivity contribution in [2.45, 2.75) is 51.5 Å². The highest BCUT2D eigenvalue weighted by Gasteiger charge is 2.34. The van der Waals surface area contributed by atoms with Gasteiger partial charge in [0.15, 0.2) is 6.29 Å². The Morgan fingerprint density at radius 3 is 2.38 bits per heavy atom. The second kappa shape index (κ2) is 11.2. The van der Waals surface area contributed by atoms with E-state index in [9.17, 15) is 9.59 Å². The number of amides is 1. The van der Waals surface area contributed by atoms with Crippen molar-refractivity contribution in [3.05, 3.63) is 53.9 Å². The van der Waals surface area contributed by atoms with Gasteiger partial charge in [-0.3, -0.25) is 9.69 Å². The molecule has 0 saturated carbocycles. The molecule has 10 nitrogen and oxygen atoms in total. The molecule has 1 N–H and O–H groups in total. The summed E-state index contributed by atoms with van der Waals surface area (Å²) in [6, 6.07) is 11.3. The Labute approximate surface area is 235 Å². The van der Waals surface area contributed by atoms with Crippen molar-refractivity contribution < 1.29 is 23.8 Å². The summed E-state index contributed by atoms with van der Waals surface area (Å²) in [6.07, 6.45) is 3.07. The lowest BCUT2D eigenvalue weighted by atomic mass is 9.98. The molecule has 0 radical (unpaired) electrons. The second-order valence-electron chi connectivity index (χ2n) is 11.7. The van der Waals surface area contributed by atoms with Crippen LogP contribution in [0.4, 0.5) is 16.3 Å². The number of carbonyl (C=O) groups is 2. The highest BCUT2D eigenvalue weighted by atomic mass is 16.7. The summed E-state index contributed by atoms with van der Waals surface area (Å²) in [4.78, 5) is 35.4. The van der Waals surface area contributed by atoms with Crippen LogP contribution in [0, 0.1) is 5.92 Å². The van der Waals surface area contributed by atoms with Gasteiger partial charge >= 0.3 is 6.09 Å². The molecule has 2 aliphatic heterocycles. The number of hydrogen-bond donors (Lipinski definition) is 1. The average molecular weight is 550 g/mol. The van der Waals surface area contributed by atoms with Crippen LogP contribution in [0.2, 0.25) is 0 Å². The molecule has 214 valence electrons. The lowest BCUT2D eigenvalue weighted by molar-refractivity contribution is -0.142. The SMILES string of the molecule is COC(OC)C1CN(c2ccc(C(=O)Nc3cc4c(cn3)cc([C@H]3CCCN3C)n4C(=O)OC(C)(C)C)cc2)C1. The summed E-state index contributed by atoms with van der Waals surface area (Å²) in [5.41, 5.74) is 2.45. The van der Waals surface area contributed by atoms with Gasteiger partial charge in [-0.15, -0.1) is 0 Å². The maximum absolute atomic E-state index is 13.4. The zero-order valence-electron chi connectivity index (χ0n) is 24.1. The van der Waals surface area contributed by atoms with Crippen molar-refractivity contribution in [3.63, 3.8) is 0 Å². The number of rotatable bonds is 7. The van der Waals surface area contributed by atoms with Crippen molar-refractivity contribution in [3.8, 4) is 0 Å². The number of pyridine rings is 1. The predicted octanol–water partition coefficient (Wildman–Crippen LogP) is 4.89. The van der Waals surface area contributed by atoms with Crippen molar-refractivity contribution >= 4 is 34.4 Å². The van der Waals surface area contributed by atoms with Gasteiger partial charge in [0.1, 0.15) is 11.4 Å². The number of nitrogens with zero attached hydrogens (tertiary/aromatic N) is 4. The summed E-state index contributed by atoms with van der Waals surface area (Å²) >= 11 is 0. The molecular formula is C30H39N5O5. The maximum Gasteiger partial charge on any atom is 0.419 e. The summed E-state index contributed by atoms with van der Waals surface area (Å²) in [5.74, 6) is 0.407. The summed E-state index contributed by atoms with van der Waals surface area (Å²) < 4.78 is 18.1. The van der Waals surface area contributed by atoms with Gasteiger partial charge in [-0.05, 0) is 77.5 Å². The van der Waals surface area contributed by atoms with Crippen LogP contribution in [0.25, 0.3) is 10.9 Å². The summed E-state index contributed by atoms with van der Waals surface area (Å²) in [6.45, 7) is 8.19. The fraction of sp³-hybridized carbons (Fsp3) is 0.500. The quantitative estimate of drug-likeness (QED) is 0.416. The summed E-state index contributed by atoms with van der Waals surface area (Å²) in [7, 11) is 5.37. The Hall–Kier alpha value is -3.47. The fourth-order valence-corrected chi connectivity index (χ4v) is 5.62. The van der Waals surface area contributed by atoms with Crippen LogP contribution in [-0.2, 0) is 14.2 Å². The first-order chi connectivity index (χ1) is 19.1. The van der Waals surface area contributed by atoms with E-state index in [1.165, 1.54) is 0 Å². The number of hydrogen-bond acceptors (Lipinski definition) is 8. The molecule has 1 amide bonds. The van der Waals surface area contributed by atoms with Crippen molar-refractivity contribution in [2.75, 3.05) is 51.1 Å². The molecule has 2 saturated heterocycles. The Balaban J connectivity index is 1.34. The minimum Gasteiger partial charge on any atom is -0.443 e. The third-order valence-corrected chi connectivity index (χ3v) is 7.65. The highest BCUT2D eigenvalue weighted by Crippen LogP contribution is 2.35. The van der Waals surface area contributed by atoms with Crippen LogP contribution < -0.4 is 10.2 Å². The molecule has 4 heterocycles. The van der Waals surface area contributed by atoms with E-state index in [4.69, 9.17) is 14.2 Å². The van der Waals surface area contributed by atoms with E-state index in [-0.39, 0.29) is 18.2 Å². The first-order valence-electron chi connectivity index (χ1n) is 13.7. The standard InChI is InChI=1S/C30H39N5O5/c1-30(2,3)40-29(37)35-24-15-26(31-16-20(24)14-25(35)23-8-7-13-33(23)4)32-27(36)19-9-11-22(12-10-19)34-17-21(18-34)28(38-5)39-6/h9-12,14-16,21,23,28H,7-8,13,17-18H2,1-6H3,(H,31,32,36)/t23-/m1/s1. The topological polar surface area (TPSA) is 98.2 Å². The molecule has 0 unspecified atom stereocenters. The van der Waals surface area contributed by atoms with E-state index >= 15 is 0 Å². The van der Waals surface area contributed by atoms with Gasteiger partial charge in [0.2, 0.25) is 0 Å². The number of likely N-dealkylation sites (tertiary alicyclic amines) is 1. The molecule has 1 atom stereocenters. The number of anilines is 2. The Morgan fingerprint density at radius 2 is 1.77 bits per heavy atom. The van der Waals surface area contributed by atoms with Gasteiger partial charge in [-0.25, -0.2) is 14.3 Å². The second-order valence-corrected chi connectivity index (χ2v) is 11.7. The Kier molecular flexibility index (Phi) is 7.85. The zero-order chi connectivity index (χ0) is 28.6. The monoisotopic (exact) mass is 549 g/mol. The number of nitrogens with one attached hydrogen (secondary N) is 1. The van der Waals surface area contributed by atoms with Crippen molar-refractivity contribution in [1.82, 2.24) is 14.5 Å². The third-order valence-electron chi connectivity index (χ3n) is 7.65. The van der Waals surface area contributed by atoms with E-state index in [1.54, 1.807) is 43.2 Å².